The third-order valence-electron chi connectivity index (χ3n) is 6.18. The van der Waals surface area contributed by atoms with Crippen molar-refractivity contribution in [2.24, 2.45) is 0 Å². The van der Waals surface area contributed by atoms with E-state index in [1.165, 1.54) is 19.3 Å². The highest BCUT2D eigenvalue weighted by Gasteiger charge is 2.49. The highest BCUT2D eigenvalue weighted by atomic mass is 16.8. The van der Waals surface area contributed by atoms with E-state index < -0.39 is 80.6 Å². The maximum atomic E-state index is 12.0. The number of rotatable bonds is 13. The average molecular weight is 497 g/mol. The molecular formula is C22H40O12. The van der Waals surface area contributed by atoms with Gasteiger partial charge in [-0.1, -0.05) is 45.4 Å². The van der Waals surface area contributed by atoms with Crippen LogP contribution in [-0.2, 0) is 23.7 Å². The van der Waals surface area contributed by atoms with Crippen LogP contribution in [0.1, 0.15) is 58.3 Å². The molecule has 2 aliphatic rings. The first-order chi connectivity index (χ1) is 16.2. The Hall–Kier alpha value is -0.930. The summed E-state index contributed by atoms with van der Waals surface area (Å²) in [6.07, 6.45) is -8.41. The van der Waals surface area contributed by atoms with Gasteiger partial charge in [0.05, 0.1) is 6.61 Å². The van der Waals surface area contributed by atoms with Crippen LogP contribution in [0.5, 0.6) is 0 Å². The number of aliphatic hydroxyl groups is 7. The van der Waals surface area contributed by atoms with Crippen LogP contribution in [0, 0.1) is 0 Å². The highest BCUT2D eigenvalue weighted by Crippen LogP contribution is 2.28. The first-order valence-corrected chi connectivity index (χ1v) is 12.0. The van der Waals surface area contributed by atoms with E-state index in [9.17, 15) is 40.5 Å². The molecule has 0 aromatic heterocycles. The molecule has 0 aromatic rings. The molecule has 34 heavy (non-hydrogen) atoms. The van der Waals surface area contributed by atoms with Crippen LogP contribution < -0.4 is 0 Å². The molecule has 2 rings (SSSR count). The zero-order chi connectivity index (χ0) is 25.3. The summed E-state index contributed by atoms with van der Waals surface area (Å²) in [6.45, 7) is 1.05. The molecule has 2 aliphatic heterocycles. The fourth-order valence-corrected chi connectivity index (χ4v) is 3.95. The van der Waals surface area contributed by atoms with Gasteiger partial charge in [-0.3, -0.25) is 4.79 Å². The lowest BCUT2D eigenvalue weighted by Gasteiger charge is -2.44. The van der Waals surface area contributed by atoms with Crippen LogP contribution in [0.25, 0.3) is 0 Å². The van der Waals surface area contributed by atoms with Crippen LogP contribution >= 0.6 is 0 Å². The number of esters is 1. The van der Waals surface area contributed by atoms with Gasteiger partial charge < -0.3 is 54.7 Å². The van der Waals surface area contributed by atoms with Gasteiger partial charge in [-0.25, -0.2) is 0 Å². The lowest BCUT2D eigenvalue weighted by molar-refractivity contribution is -0.376. The predicted octanol–water partition coefficient (Wildman–Crippen LogP) is -1.71. The number of aliphatic hydroxyl groups excluding tert-OH is 7. The molecule has 7 N–H and O–H groups in total. The van der Waals surface area contributed by atoms with Crippen LogP contribution in [-0.4, -0.2) is 116 Å². The summed E-state index contributed by atoms with van der Waals surface area (Å²) in [5.74, 6) is -0.489. The number of carbonyl (C=O) groups excluding carboxylic acids is 1. The summed E-state index contributed by atoms with van der Waals surface area (Å²) >= 11 is 0. The Bertz CT molecular complexity index is 590. The molecular weight excluding hydrogens is 456 g/mol. The second kappa shape index (κ2) is 14.6. The van der Waals surface area contributed by atoms with Crippen molar-refractivity contribution in [3.05, 3.63) is 0 Å². The fourth-order valence-electron chi connectivity index (χ4n) is 3.95. The van der Waals surface area contributed by atoms with Crippen molar-refractivity contribution in [2.45, 2.75) is 120 Å². The van der Waals surface area contributed by atoms with Gasteiger partial charge in [-0.15, -0.1) is 0 Å². The van der Waals surface area contributed by atoms with Crippen LogP contribution in [0.4, 0.5) is 0 Å². The summed E-state index contributed by atoms with van der Waals surface area (Å²) in [6, 6.07) is 0. The molecule has 0 saturated carbocycles. The van der Waals surface area contributed by atoms with E-state index in [0.717, 1.165) is 19.3 Å². The largest absolute Gasteiger partial charge is 0.463 e. The van der Waals surface area contributed by atoms with Crippen molar-refractivity contribution in [1.82, 2.24) is 0 Å². The van der Waals surface area contributed by atoms with E-state index in [2.05, 4.69) is 6.92 Å². The number of unbranched alkanes of at least 4 members (excludes halogenated alkanes) is 6. The number of ether oxygens (including phenoxy) is 4. The second-order valence-corrected chi connectivity index (χ2v) is 8.90. The smallest absolute Gasteiger partial charge is 0.305 e. The molecule has 2 heterocycles. The Morgan fingerprint density at radius 2 is 1.21 bits per heavy atom. The van der Waals surface area contributed by atoms with Crippen LogP contribution in [0.15, 0.2) is 0 Å². The van der Waals surface area contributed by atoms with Gasteiger partial charge in [0.2, 0.25) is 0 Å². The summed E-state index contributed by atoms with van der Waals surface area (Å²) < 4.78 is 21.1. The normalized spacial score (nSPS) is 38.6. The van der Waals surface area contributed by atoms with E-state index in [0.29, 0.717) is 6.42 Å². The van der Waals surface area contributed by atoms with E-state index in [1.807, 2.05) is 0 Å². The average Bonchev–Trinajstić information content (AvgIpc) is 2.83. The number of hydrogen-bond acceptors (Lipinski definition) is 12. The van der Waals surface area contributed by atoms with Gasteiger partial charge in [-0.05, 0) is 6.42 Å². The van der Waals surface area contributed by atoms with Crippen molar-refractivity contribution in [3.63, 3.8) is 0 Å². The topological polar surface area (TPSA) is 196 Å². The molecule has 0 bridgehead atoms. The molecule has 0 aliphatic carbocycles. The van der Waals surface area contributed by atoms with Crippen molar-refractivity contribution in [2.75, 3.05) is 13.2 Å². The standard InChI is InChI=1S/C22H40O12/c1-2-3-4-5-6-7-8-9-14(24)31-11-13-16(26)18(28)20(30)22(33-13)34-21-19(29)17(27)15(25)12(10-23)32-21/h12-13,15-23,25-30H,2-11H2,1H3/t12-,13+,15-,16-,17-,18+,19+,20+,21-,22-/m1/s1. The minimum Gasteiger partial charge on any atom is -0.463 e. The summed E-state index contributed by atoms with van der Waals surface area (Å²) in [7, 11) is 0. The SMILES string of the molecule is CCCCCCCCCC(=O)OC[C@@H]1O[C@H](O[C@H]2O[C@H](CO)[C@@H](O)[C@@H](O)[C@@H]2O)[C@@H](O)[C@@H](O)[C@@H]1O. The second-order valence-electron chi connectivity index (χ2n) is 8.90. The molecule has 2 saturated heterocycles. The van der Waals surface area contributed by atoms with Gasteiger partial charge in [-0.2, -0.15) is 0 Å². The zero-order valence-corrected chi connectivity index (χ0v) is 19.5. The minimum absolute atomic E-state index is 0.201. The molecule has 0 radical (unpaired) electrons. The Morgan fingerprint density at radius 3 is 1.76 bits per heavy atom. The Labute approximate surface area is 199 Å². The maximum absolute atomic E-state index is 12.0. The van der Waals surface area contributed by atoms with Gasteiger partial charge >= 0.3 is 5.97 Å². The Morgan fingerprint density at radius 1 is 0.706 bits per heavy atom. The molecule has 12 nitrogen and oxygen atoms in total. The van der Waals surface area contributed by atoms with Gasteiger partial charge in [0.1, 0.15) is 55.4 Å². The fraction of sp³-hybridized carbons (Fsp3) is 0.955. The number of carbonyl (C=O) groups is 1. The van der Waals surface area contributed by atoms with E-state index in [4.69, 9.17) is 18.9 Å². The summed E-state index contributed by atoms with van der Waals surface area (Å²) in [5, 5.41) is 69.7. The Balaban J connectivity index is 1.83. The van der Waals surface area contributed by atoms with E-state index in [-0.39, 0.29) is 6.42 Å². The van der Waals surface area contributed by atoms with Crippen molar-refractivity contribution in [3.8, 4) is 0 Å². The molecule has 200 valence electrons. The minimum atomic E-state index is -1.76. The van der Waals surface area contributed by atoms with E-state index >= 15 is 0 Å². The van der Waals surface area contributed by atoms with Crippen molar-refractivity contribution < 1.29 is 59.5 Å². The third-order valence-corrected chi connectivity index (χ3v) is 6.18. The molecule has 0 spiro atoms. The van der Waals surface area contributed by atoms with Crippen molar-refractivity contribution >= 4 is 5.97 Å². The van der Waals surface area contributed by atoms with Gasteiger partial charge in [0.25, 0.3) is 0 Å². The first kappa shape index (κ1) is 29.3. The summed E-state index contributed by atoms with van der Waals surface area (Å²) in [5.41, 5.74) is 0. The first-order valence-electron chi connectivity index (χ1n) is 12.0. The quantitative estimate of drug-likeness (QED) is 0.113. The van der Waals surface area contributed by atoms with Crippen LogP contribution in [0.3, 0.4) is 0 Å². The monoisotopic (exact) mass is 496 g/mol. The van der Waals surface area contributed by atoms with Crippen molar-refractivity contribution in [1.29, 1.82) is 0 Å². The molecule has 10 atom stereocenters. The zero-order valence-electron chi connectivity index (χ0n) is 19.5. The highest BCUT2D eigenvalue weighted by molar-refractivity contribution is 5.69. The lowest BCUT2D eigenvalue weighted by atomic mass is 9.98. The molecule has 0 amide bonds. The summed E-state index contributed by atoms with van der Waals surface area (Å²) in [4.78, 5) is 12.0. The molecule has 12 heteroatoms. The van der Waals surface area contributed by atoms with E-state index in [1.54, 1.807) is 0 Å². The third kappa shape index (κ3) is 8.05. The Kier molecular flexibility index (Phi) is 12.6. The maximum Gasteiger partial charge on any atom is 0.305 e. The van der Waals surface area contributed by atoms with Gasteiger partial charge in [0.15, 0.2) is 12.6 Å². The lowest BCUT2D eigenvalue weighted by Crippen LogP contribution is -2.63. The molecule has 0 aromatic carbocycles. The van der Waals surface area contributed by atoms with Gasteiger partial charge in [0, 0.05) is 6.42 Å². The predicted molar refractivity (Wildman–Crippen MR) is 115 cm³/mol. The number of hydrogen-bond donors (Lipinski definition) is 7. The van der Waals surface area contributed by atoms with Crippen LogP contribution in [0.2, 0.25) is 0 Å². The molecule has 2 fully saturated rings. The molecule has 0 unspecified atom stereocenters.